The standard InChI is InChI=1S/C24H24/c1-3-9-21-13-17-23(18-14-21)11-7-5-6-8-12-24-19-15-22(10-4-2)16-20-24/h5-6,13-20H,3-4,9-10H2,1-2H3/b6-5+. The fraction of sp³-hybridized carbons (Fsp3) is 0.250. The van der Waals surface area contributed by atoms with Crippen molar-refractivity contribution in [2.75, 3.05) is 0 Å². The van der Waals surface area contributed by atoms with Crippen molar-refractivity contribution in [3.05, 3.63) is 82.9 Å². The average Bonchev–Trinajstić information content (AvgIpc) is 2.61. The lowest BCUT2D eigenvalue weighted by atomic mass is 10.1. The summed E-state index contributed by atoms with van der Waals surface area (Å²) < 4.78 is 0. The van der Waals surface area contributed by atoms with Crippen molar-refractivity contribution in [2.24, 2.45) is 0 Å². The summed E-state index contributed by atoms with van der Waals surface area (Å²) in [5.74, 6) is 12.3. The summed E-state index contributed by atoms with van der Waals surface area (Å²) in [6, 6.07) is 16.9. The molecule has 0 unspecified atom stereocenters. The quantitative estimate of drug-likeness (QED) is 0.649. The van der Waals surface area contributed by atoms with Crippen molar-refractivity contribution < 1.29 is 0 Å². The van der Waals surface area contributed by atoms with Gasteiger partial charge in [0.1, 0.15) is 0 Å². The van der Waals surface area contributed by atoms with E-state index in [0.717, 1.165) is 24.0 Å². The Balaban J connectivity index is 1.89. The largest absolute Gasteiger partial charge is 0.0689 e. The van der Waals surface area contributed by atoms with E-state index < -0.39 is 0 Å². The molecule has 0 saturated heterocycles. The monoisotopic (exact) mass is 312 g/mol. The normalized spacial score (nSPS) is 9.92. The van der Waals surface area contributed by atoms with Gasteiger partial charge < -0.3 is 0 Å². The molecule has 0 saturated carbocycles. The van der Waals surface area contributed by atoms with E-state index in [0.29, 0.717) is 0 Å². The predicted molar refractivity (Wildman–Crippen MR) is 104 cm³/mol. The van der Waals surface area contributed by atoms with Gasteiger partial charge in [0.15, 0.2) is 0 Å². The third-order valence-corrected chi connectivity index (χ3v) is 3.67. The van der Waals surface area contributed by atoms with Crippen LogP contribution in [0.2, 0.25) is 0 Å². The van der Waals surface area contributed by atoms with Crippen LogP contribution < -0.4 is 0 Å². The summed E-state index contributed by atoms with van der Waals surface area (Å²) in [4.78, 5) is 0. The van der Waals surface area contributed by atoms with Crippen LogP contribution in [0.15, 0.2) is 60.7 Å². The second-order valence-electron chi connectivity index (χ2n) is 5.77. The van der Waals surface area contributed by atoms with E-state index in [9.17, 15) is 0 Å². The highest BCUT2D eigenvalue weighted by atomic mass is 14.0. The Morgan fingerprint density at radius 1 is 0.625 bits per heavy atom. The molecular weight excluding hydrogens is 288 g/mol. The second kappa shape index (κ2) is 10.1. The SMILES string of the molecule is CCCc1ccc(C#C/C=C/C#Cc2ccc(CCC)cc2)cc1. The van der Waals surface area contributed by atoms with Crippen LogP contribution in [0.25, 0.3) is 0 Å². The summed E-state index contributed by atoms with van der Waals surface area (Å²) >= 11 is 0. The highest BCUT2D eigenvalue weighted by molar-refractivity contribution is 5.42. The molecule has 0 aromatic heterocycles. The number of aryl methyl sites for hydroxylation is 2. The molecule has 0 aliphatic rings. The number of hydrogen-bond donors (Lipinski definition) is 0. The van der Waals surface area contributed by atoms with E-state index in [1.165, 1.54) is 24.0 Å². The van der Waals surface area contributed by atoms with Crippen LogP contribution in [0.3, 0.4) is 0 Å². The highest BCUT2D eigenvalue weighted by Gasteiger charge is 1.91. The van der Waals surface area contributed by atoms with Crippen molar-refractivity contribution in [3.8, 4) is 23.7 Å². The fourth-order valence-corrected chi connectivity index (χ4v) is 2.42. The summed E-state index contributed by atoms with van der Waals surface area (Å²) in [6.07, 6.45) is 8.21. The van der Waals surface area contributed by atoms with Gasteiger partial charge in [-0.1, -0.05) is 74.6 Å². The maximum Gasteiger partial charge on any atom is 0.0249 e. The maximum atomic E-state index is 3.13. The smallest absolute Gasteiger partial charge is 0.0249 e. The molecule has 2 aromatic rings. The molecule has 0 bridgehead atoms. The lowest BCUT2D eigenvalue weighted by Crippen LogP contribution is -1.82. The lowest BCUT2D eigenvalue weighted by Gasteiger charge is -1.97. The van der Waals surface area contributed by atoms with Gasteiger partial charge in [0.05, 0.1) is 0 Å². The van der Waals surface area contributed by atoms with Crippen LogP contribution in [0.4, 0.5) is 0 Å². The number of rotatable bonds is 4. The zero-order valence-electron chi connectivity index (χ0n) is 14.6. The van der Waals surface area contributed by atoms with Crippen molar-refractivity contribution in [1.29, 1.82) is 0 Å². The summed E-state index contributed by atoms with van der Waals surface area (Å²) in [5.41, 5.74) is 4.82. The van der Waals surface area contributed by atoms with E-state index in [1.807, 2.05) is 0 Å². The van der Waals surface area contributed by atoms with Gasteiger partial charge in [-0.15, -0.1) is 0 Å². The van der Waals surface area contributed by atoms with E-state index in [4.69, 9.17) is 0 Å². The van der Waals surface area contributed by atoms with Crippen LogP contribution in [-0.4, -0.2) is 0 Å². The summed E-state index contributed by atoms with van der Waals surface area (Å²) in [5, 5.41) is 0. The van der Waals surface area contributed by atoms with E-state index >= 15 is 0 Å². The molecule has 0 aliphatic heterocycles. The molecule has 24 heavy (non-hydrogen) atoms. The first kappa shape index (κ1) is 17.7. The second-order valence-corrected chi connectivity index (χ2v) is 5.77. The Kier molecular flexibility index (Phi) is 7.46. The first-order valence-electron chi connectivity index (χ1n) is 8.67. The molecule has 120 valence electrons. The van der Waals surface area contributed by atoms with Gasteiger partial charge in [-0.25, -0.2) is 0 Å². The Hall–Kier alpha value is -2.70. The maximum absolute atomic E-state index is 3.13. The third kappa shape index (κ3) is 6.20. The molecule has 0 aliphatic carbocycles. The van der Waals surface area contributed by atoms with Crippen molar-refractivity contribution in [2.45, 2.75) is 39.5 Å². The zero-order chi connectivity index (χ0) is 17.0. The van der Waals surface area contributed by atoms with Gasteiger partial charge >= 0.3 is 0 Å². The Morgan fingerprint density at radius 2 is 1.00 bits per heavy atom. The molecule has 0 N–H and O–H groups in total. The van der Waals surface area contributed by atoms with Crippen LogP contribution in [-0.2, 0) is 12.8 Å². The van der Waals surface area contributed by atoms with Crippen LogP contribution in [0.5, 0.6) is 0 Å². The van der Waals surface area contributed by atoms with Gasteiger partial charge in [0.25, 0.3) is 0 Å². The minimum atomic E-state index is 1.04. The topological polar surface area (TPSA) is 0 Å². The number of benzene rings is 2. The molecule has 0 nitrogen and oxygen atoms in total. The Labute approximate surface area is 146 Å². The van der Waals surface area contributed by atoms with Crippen LogP contribution in [0, 0.1) is 23.7 Å². The predicted octanol–water partition coefficient (Wildman–Crippen LogP) is 5.55. The van der Waals surface area contributed by atoms with E-state index in [2.05, 4.69) is 86.1 Å². The molecular formula is C24H24. The molecule has 2 rings (SSSR count). The summed E-state index contributed by atoms with van der Waals surface area (Å²) in [7, 11) is 0. The Morgan fingerprint density at radius 3 is 1.33 bits per heavy atom. The fourth-order valence-electron chi connectivity index (χ4n) is 2.42. The summed E-state index contributed by atoms with van der Waals surface area (Å²) in [6.45, 7) is 4.39. The van der Waals surface area contributed by atoms with Crippen molar-refractivity contribution >= 4 is 0 Å². The average molecular weight is 312 g/mol. The van der Waals surface area contributed by atoms with Gasteiger partial charge in [0.2, 0.25) is 0 Å². The highest BCUT2D eigenvalue weighted by Crippen LogP contribution is 2.06. The molecule has 2 aromatic carbocycles. The van der Waals surface area contributed by atoms with Crippen molar-refractivity contribution in [3.63, 3.8) is 0 Å². The molecule has 0 heterocycles. The molecule has 0 atom stereocenters. The lowest BCUT2D eigenvalue weighted by molar-refractivity contribution is 0.922. The molecule has 0 heteroatoms. The molecule has 0 radical (unpaired) electrons. The number of hydrogen-bond acceptors (Lipinski definition) is 0. The van der Waals surface area contributed by atoms with E-state index in [1.54, 1.807) is 12.2 Å². The van der Waals surface area contributed by atoms with Crippen LogP contribution in [0.1, 0.15) is 48.9 Å². The zero-order valence-corrected chi connectivity index (χ0v) is 14.6. The Bertz CT molecular complexity index is 697. The third-order valence-electron chi connectivity index (χ3n) is 3.67. The minimum absolute atomic E-state index is 1.04. The number of allylic oxidation sites excluding steroid dienone is 2. The van der Waals surface area contributed by atoms with E-state index in [-0.39, 0.29) is 0 Å². The molecule has 0 amide bonds. The van der Waals surface area contributed by atoms with Gasteiger partial charge in [-0.3, -0.25) is 0 Å². The first-order valence-corrected chi connectivity index (χ1v) is 8.67. The first-order chi connectivity index (χ1) is 11.8. The van der Waals surface area contributed by atoms with Gasteiger partial charge in [0, 0.05) is 11.1 Å². The molecule has 0 spiro atoms. The van der Waals surface area contributed by atoms with Crippen molar-refractivity contribution in [1.82, 2.24) is 0 Å². The van der Waals surface area contributed by atoms with Gasteiger partial charge in [-0.2, -0.15) is 0 Å². The van der Waals surface area contributed by atoms with Crippen LogP contribution >= 0.6 is 0 Å². The minimum Gasteiger partial charge on any atom is -0.0689 e. The van der Waals surface area contributed by atoms with Gasteiger partial charge in [-0.05, 0) is 60.4 Å². The molecule has 0 fully saturated rings.